The molecule has 0 bridgehead atoms. The minimum absolute atomic E-state index is 0.757. The van der Waals surface area contributed by atoms with E-state index < -0.39 is 0 Å². The molecule has 0 aliphatic carbocycles. The van der Waals surface area contributed by atoms with Crippen LogP contribution in [0.5, 0.6) is 0 Å². The molecule has 0 unspecified atom stereocenters. The van der Waals surface area contributed by atoms with Crippen molar-refractivity contribution in [1.82, 2.24) is 20.3 Å². The highest BCUT2D eigenvalue weighted by molar-refractivity contribution is 9.10. The Kier molecular flexibility index (Phi) is 2.69. The highest BCUT2D eigenvalue weighted by Gasteiger charge is 2.10. The average molecular weight is 255 g/mol. The monoisotopic (exact) mass is 254 g/mol. The molecule has 14 heavy (non-hydrogen) atoms. The Hall–Kier alpha value is -1.07. The van der Waals surface area contributed by atoms with Gasteiger partial charge in [-0.2, -0.15) is 0 Å². The van der Waals surface area contributed by atoms with Gasteiger partial charge in [-0.25, -0.2) is 4.98 Å². The minimum Gasteiger partial charge on any atom is -0.360 e. The zero-order chi connectivity index (χ0) is 9.97. The van der Waals surface area contributed by atoms with Gasteiger partial charge in [0.05, 0.1) is 11.4 Å². The molecule has 0 spiro atoms. The molecule has 2 aromatic rings. The quantitative estimate of drug-likeness (QED) is 0.784. The summed E-state index contributed by atoms with van der Waals surface area (Å²) in [6, 6.07) is 3.96. The van der Waals surface area contributed by atoms with Crippen molar-refractivity contribution in [1.29, 1.82) is 0 Å². The lowest BCUT2D eigenvalue weighted by Crippen LogP contribution is -2.06. The van der Waals surface area contributed by atoms with Gasteiger partial charge in [-0.15, -0.1) is 0 Å². The highest BCUT2D eigenvalue weighted by Crippen LogP contribution is 2.21. The SMILES string of the molecule is CNCc1[nH]c(Br)nc1-c1ccc[nH]1. The number of hydrogen-bond acceptors (Lipinski definition) is 2. The van der Waals surface area contributed by atoms with Gasteiger partial charge in [0.25, 0.3) is 0 Å². The molecule has 5 heteroatoms. The first-order chi connectivity index (χ1) is 6.81. The Morgan fingerprint density at radius 1 is 1.57 bits per heavy atom. The van der Waals surface area contributed by atoms with Gasteiger partial charge in [0.15, 0.2) is 4.73 Å². The number of aromatic amines is 2. The Morgan fingerprint density at radius 2 is 2.43 bits per heavy atom. The van der Waals surface area contributed by atoms with Crippen molar-refractivity contribution in [2.24, 2.45) is 0 Å². The third-order valence-electron chi connectivity index (χ3n) is 1.96. The van der Waals surface area contributed by atoms with Crippen molar-refractivity contribution >= 4 is 15.9 Å². The lowest BCUT2D eigenvalue weighted by Gasteiger charge is -1.98. The number of H-pyrrole nitrogens is 2. The molecule has 0 saturated heterocycles. The van der Waals surface area contributed by atoms with Crippen LogP contribution in [0.1, 0.15) is 5.69 Å². The molecule has 4 nitrogen and oxygen atoms in total. The molecule has 2 rings (SSSR count). The second-order valence-corrected chi connectivity index (χ2v) is 3.72. The summed E-state index contributed by atoms with van der Waals surface area (Å²) in [7, 11) is 1.91. The molecule has 0 saturated carbocycles. The van der Waals surface area contributed by atoms with Gasteiger partial charge < -0.3 is 15.3 Å². The summed E-state index contributed by atoms with van der Waals surface area (Å²) in [5.74, 6) is 0. The van der Waals surface area contributed by atoms with Gasteiger partial charge in [0.2, 0.25) is 0 Å². The summed E-state index contributed by atoms with van der Waals surface area (Å²) >= 11 is 3.33. The van der Waals surface area contributed by atoms with Crippen LogP contribution < -0.4 is 5.32 Å². The smallest absolute Gasteiger partial charge is 0.175 e. The predicted molar refractivity (Wildman–Crippen MR) is 58.8 cm³/mol. The molecule has 74 valence electrons. The zero-order valence-electron chi connectivity index (χ0n) is 7.76. The van der Waals surface area contributed by atoms with Crippen LogP contribution in [-0.4, -0.2) is 22.0 Å². The lowest BCUT2D eigenvalue weighted by molar-refractivity contribution is 0.797. The number of hydrogen-bond donors (Lipinski definition) is 3. The van der Waals surface area contributed by atoms with Gasteiger partial charge in [0, 0.05) is 12.7 Å². The summed E-state index contributed by atoms with van der Waals surface area (Å²) in [5, 5.41) is 3.09. The fourth-order valence-corrected chi connectivity index (χ4v) is 1.80. The van der Waals surface area contributed by atoms with Crippen LogP contribution in [0.25, 0.3) is 11.4 Å². The zero-order valence-corrected chi connectivity index (χ0v) is 9.35. The second kappa shape index (κ2) is 3.98. The summed E-state index contributed by atoms with van der Waals surface area (Å²) in [6.07, 6.45) is 1.89. The van der Waals surface area contributed by atoms with Crippen molar-refractivity contribution in [2.75, 3.05) is 7.05 Å². The van der Waals surface area contributed by atoms with E-state index in [1.165, 1.54) is 0 Å². The van der Waals surface area contributed by atoms with E-state index in [0.29, 0.717) is 0 Å². The van der Waals surface area contributed by atoms with Gasteiger partial charge in [0.1, 0.15) is 5.69 Å². The average Bonchev–Trinajstić information content (AvgIpc) is 2.74. The summed E-state index contributed by atoms with van der Waals surface area (Å²) in [4.78, 5) is 10.7. The Morgan fingerprint density at radius 3 is 3.07 bits per heavy atom. The first-order valence-corrected chi connectivity index (χ1v) is 5.13. The number of aromatic nitrogens is 3. The maximum absolute atomic E-state index is 4.36. The van der Waals surface area contributed by atoms with Crippen molar-refractivity contribution in [2.45, 2.75) is 6.54 Å². The standard InChI is InChI=1S/C9H11BrN4/c1-11-5-7-8(14-9(10)13-7)6-3-2-4-12-6/h2-4,11-12H,5H2,1H3,(H,13,14). The number of rotatable bonds is 3. The van der Waals surface area contributed by atoms with E-state index in [1.54, 1.807) is 0 Å². The highest BCUT2D eigenvalue weighted by atomic mass is 79.9. The van der Waals surface area contributed by atoms with Crippen LogP contribution in [-0.2, 0) is 6.54 Å². The van der Waals surface area contributed by atoms with Crippen LogP contribution in [0.4, 0.5) is 0 Å². The number of nitrogens with zero attached hydrogens (tertiary/aromatic N) is 1. The van der Waals surface area contributed by atoms with E-state index in [2.05, 4.69) is 36.2 Å². The molecule has 0 amide bonds. The van der Waals surface area contributed by atoms with Crippen LogP contribution in [0.3, 0.4) is 0 Å². The number of imidazole rings is 1. The van der Waals surface area contributed by atoms with Crippen LogP contribution >= 0.6 is 15.9 Å². The van der Waals surface area contributed by atoms with Gasteiger partial charge >= 0.3 is 0 Å². The van der Waals surface area contributed by atoms with Gasteiger partial charge in [-0.05, 0) is 35.1 Å². The molecule has 3 N–H and O–H groups in total. The maximum atomic E-state index is 4.36. The largest absolute Gasteiger partial charge is 0.360 e. The molecule has 0 aliphatic heterocycles. The van der Waals surface area contributed by atoms with Crippen molar-refractivity contribution < 1.29 is 0 Å². The van der Waals surface area contributed by atoms with E-state index in [1.807, 2.05) is 25.4 Å². The fourth-order valence-electron chi connectivity index (χ4n) is 1.38. The van der Waals surface area contributed by atoms with E-state index in [-0.39, 0.29) is 0 Å². The predicted octanol–water partition coefficient (Wildman–Crippen LogP) is 1.89. The molecule has 0 aliphatic rings. The summed E-state index contributed by atoms with van der Waals surface area (Å²) in [6.45, 7) is 0.771. The summed E-state index contributed by atoms with van der Waals surface area (Å²) in [5.41, 5.74) is 3.05. The normalized spacial score (nSPS) is 10.7. The molecule has 2 aromatic heterocycles. The fraction of sp³-hybridized carbons (Fsp3) is 0.222. The van der Waals surface area contributed by atoms with Crippen molar-refractivity contribution in [3.8, 4) is 11.4 Å². The van der Waals surface area contributed by atoms with Crippen molar-refractivity contribution in [3.63, 3.8) is 0 Å². The first kappa shape index (κ1) is 9.48. The molecular weight excluding hydrogens is 244 g/mol. The van der Waals surface area contributed by atoms with Crippen LogP contribution in [0, 0.1) is 0 Å². The van der Waals surface area contributed by atoms with Crippen LogP contribution in [0.2, 0.25) is 0 Å². The van der Waals surface area contributed by atoms with Crippen LogP contribution in [0.15, 0.2) is 23.1 Å². The number of nitrogens with one attached hydrogen (secondary N) is 3. The molecular formula is C9H11BrN4. The lowest BCUT2D eigenvalue weighted by atomic mass is 10.2. The van der Waals surface area contributed by atoms with E-state index in [4.69, 9.17) is 0 Å². The van der Waals surface area contributed by atoms with Crippen molar-refractivity contribution in [3.05, 3.63) is 28.8 Å². The molecule has 0 atom stereocenters. The number of halogens is 1. The Labute approximate surface area is 90.3 Å². The third kappa shape index (κ3) is 1.73. The molecule has 0 aromatic carbocycles. The topological polar surface area (TPSA) is 56.5 Å². The second-order valence-electron chi connectivity index (χ2n) is 2.97. The van der Waals surface area contributed by atoms with E-state index in [0.717, 1.165) is 28.4 Å². The van der Waals surface area contributed by atoms with E-state index in [9.17, 15) is 0 Å². The molecule has 2 heterocycles. The Bertz CT molecular complexity index is 404. The van der Waals surface area contributed by atoms with Gasteiger partial charge in [-0.1, -0.05) is 0 Å². The van der Waals surface area contributed by atoms with Gasteiger partial charge in [-0.3, -0.25) is 0 Å². The summed E-state index contributed by atoms with van der Waals surface area (Å²) < 4.78 is 0.757. The minimum atomic E-state index is 0.757. The Balaban J connectivity index is 2.41. The molecule has 0 fully saturated rings. The first-order valence-electron chi connectivity index (χ1n) is 4.34. The third-order valence-corrected chi connectivity index (χ3v) is 2.33. The van der Waals surface area contributed by atoms with E-state index >= 15 is 0 Å². The maximum Gasteiger partial charge on any atom is 0.175 e. The molecule has 0 radical (unpaired) electrons.